The summed E-state index contributed by atoms with van der Waals surface area (Å²) in [6.45, 7) is 0. The van der Waals surface area contributed by atoms with E-state index in [0.717, 1.165) is 36.6 Å². The first-order valence-corrected chi connectivity index (χ1v) is 7.31. The minimum atomic E-state index is -0.649. The van der Waals surface area contributed by atoms with Crippen LogP contribution in [0.15, 0.2) is 18.2 Å². The molecule has 0 unspecified atom stereocenters. The van der Waals surface area contributed by atoms with Crippen LogP contribution in [0.4, 0.5) is 8.78 Å². The molecule has 114 valence electrons. The quantitative estimate of drug-likeness (QED) is 0.682. The van der Waals surface area contributed by atoms with Gasteiger partial charge in [-0.25, -0.2) is 13.5 Å². The average molecular weight is 303 g/mol. The van der Waals surface area contributed by atoms with Crippen molar-refractivity contribution >= 4 is 5.90 Å². The Bertz CT molecular complexity index is 784. The number of benzene rings is 1. The highest BCUT2D eigenvalue weighted by atomic mass is 19.1. The number of nitrogens with one attached hydrogen (secondary N) is 1. The monoisotopic (exact) mass is 303 g/mol. The van der Waals surface area contributed by atoms with Crippen molar-refractivity contribution < 1.29 is 13.5 Å². The van der Waals surface area contributed by atoms with Gasteiger partial charge in [-0.15, -0.1) is 0 Å². The van der Waals surface area contributed by atoms with Gasteiger partial charge in [-0.1, -0.05) is 0 Å². The summed E-state index contributed by atoms with van der Waals surface area (Å²) in [7, 11) is 1.43. The molecule has 2 aliphatic carbocycles. The SMILES string of the molecule is COC(=N)c1nn(-c2ccc(F)cc2F)c2c1[C@@H]1CC[C@H]2C1. The zero-order valence-corrected chi connectivity index (χ0v) is 12.1. The predicted octanol–water partition coefficient (Wildman–Crippen LogP) is 3.49. The van der Waals surface area contributed by atoms with Gasteiger partial charge in [0.1, 0.15) is 11.5 Å². The number of nitrogens with zero attached hydrogens (tertiary/aromatic N) is 2. The van der Waals surface area contributed by atoms with Crippen LogP contribution in [-0.2, 0) is 4.74 Å². The van der Waals surface area contributed by atoms with Gasteiger partial charge in [0, 0.05) is 17.5 Å². The summed E-state index contributed by atoms with van der Waals surface area (Å²) in [5.41, 5.74) is 2.67. The molecule has 22 heavy (non-hydrogen) atoms. The van der Waals surface area contributed by atoms with Gasteiger partial charge in [0.05, 0.1) is 12.8 Å². The van der Waals surface area contributed by atoms with Crippen molar-refractivity contribution in [2.75, 3.05) is 7.11 Å². The lowest BCUT2D eigenvalue weighted by Crippen LogP contribution is -2.08. The van der Waals surface area contributed by atoms with E-state index in [-0.39, 0.29) is 11.6 Å². The number of methoxy groups -OCH3 is 1. The van der Waals surface area contributed by atoms with Crippen molar-refractivity contribution in [3.8, 4) is 5.69 Å². The third-order valence-corrected chi connectivity index (χ3v) is 4.74. The third kappa shape index (κ3) is 1.73. The summed E-state index contributed by atoms with van der Waals surface area (Å²) in [6, 6.07) is 3.48. The van der Waals surface area contributed by atoms with Gasteiger partial charge in [-0.05, 0) is 37.3 Å². The van der Waals surface area contributed by atoms with Gasteiger partial charge < -0.3 is 4.74 Å². The van der Waals surface area contributed by atoms with Crippen molar-refractivity contribution in [3.05, 3.63) is 46.8 Å². The number of aromatic nitrogens is 2. The van der Waals surface area contributed by atoms with E-state index in [2.05, 4.69) is 5.10 Å². The number of hydrogen-bond acceptors (Lipinski definition) is 3. The summed E-state index contributed by atoms with van der Waals surface area (Å²) in [6.07, 6.45) is 3.13. The molecule has 0 saturated heterocycles. The molecule has 1 aromatic carbocycles. The molecule has 0 spiro atoms. The molecule has 6 heteroatoms. The number of fused-ring (bicyclic) bond motifs is 5. The second-order valence-corrected chi connectivity index (χ2v) is 5.90. The molecule has 1 saturated carbocycles. The van der Waals surface area contributed by atoms with Crippen molar-refractivity contribution in [2.45, 2.75) is 31.1 Å². The maximum absolute atomic E-state index is 14.2. The number of ether oxygens (including phenoxy) is 1. The number of halogens is 2. The fourth-order valence-electron chi connectivity index (χ4n) is 3.83. The molecule has 4 rings (SSSR count). The summed E-state index contributed by atoms with van der Waals surface area (Å²) in [5.74, 6) is -0.580. The molecule has 0 amide bonds. The van der Waals surface area contributed by atoms with Crippen LogP contribution in [0.3, 0.4) is 0 Å². The Morgan fingerprint density at radius 3 is 2.82 bits per heavy atom. The van der Waals surface area contributed by atoms with Gasteiger partial charge in [0.15, 0.2) is 11.5 Å². The fourth-order valence-corrected chi connectivity index (χ4v) is 3.83. The molecular weight excluding hydrogens is 288 g/mol. The maximum Gasteiger partial charge on any atom is 0.234 e. The molecule has 1 fully saturated rings. The fraction of sp³-hybridized carbons (Fsp3) is 0.375. The van der Waals surface area contributed by atoms with Crippen molar-refractivity contribution in [1.29, 1.82) is 5.41 Å². The van der Waals surface area contributed by atoms with Gasteiger partial charge in [-0.2, -0.15) is 5.10 Å². The highest BCUT2D eigenvalue weighted by Crippen LogP contribution is 2.54. The maximum atomic E-state index is 14.2. The first kappa shape index (κ1) is 13.4. The van der Waals surface area contributed by atoms with E-state index in [0.29, 0.717) is 17.5 Å². The van der Waals surface area contributed by atoms with E-state index in [4.69, 9.17) is 10.1 Å². The molecular formula is C16H15F2N3O. The lowest BCUT2D eigenvalue weighted by Gasteiger charge is -2.14. The summed E-state index contributed by atoms with van der Waals surface area (Å²) >= 11 is 0. The molecule has 1 heterocycles. The molecule has 2 atom stereocenters. The molecule has 1 aromatic heterocycles. The van der Waals surface area contributed by atoms with Crippen LogP contribution in [0.1, 0.15) is 48.0 Å². The summed E-state index contributed by atoms with van der Waals surface area (Å²) < 4.78 is 33.9. The second-order valence-electron chi connectivity index (χ2n) is 5.90. The van der Waals surface area contributed by atoms with Crippen LogP contribution < -0.4 is 0 Å². The third-order valence-electron chi connectivity index (χ3n) is 4.74. The first-order chi connectivity index (χ1) is 10.6. The molecule has 0 aliphatic heterocycles. The smallest absolute Gasteiger partial charge is 0.234 e. The molecule has 2 aromatic rings. The van der Waals surface area contributed by atoms with E-state index in [1.807, 2.05) is 0 Å². The zero-order chi connectivity index (χ0) is 15.4. The largest absolute Gasteiger partial charge is 0.480 e. The molecule has 2 bridgehead atoms. The lowest BCUT2D eigenvalue weighted by molar-refractivity contribution is 0.398. The normalized spacial score (nSPS) is 22.0. The van der Waals surface area contributed by atoms with E-state index in [1.165, 1.54) is 23.9 Å². The standard InChI is InChI=1S/C16H15F2N3O/c1-22-16(19)14-13-8-2-3-9(6-8)15(13)21(20-14)12-5-4-10(17)7-11(12)18/h4-5,7-9,19H,2-3,6H2,1H3/t8-,9+/m1/s1. The number of rotatable bonds is 2. The van der Waals surface area contributed by atoms with E-state index >= 15 is 0 Å². The Hall–Kier alpha value is -2.24. The Balaban J connectivity index is 1.94. The van der Waals surface area contributed by atoms with Crippen LogP contribution in [0.2, 0.25) is 0 Å². The zero-order valence-electron chi connectivity index (χ0n) is 12.1. The highest BCUT2D eigenvalue weighted by Gasteiger charge is 2.44. The first-order valence-electron chi connectivity index (χ1n) is 7.31. The highest BCUT2D eigenvalue weighted by molar-refractivity contribution is 5.92. The van der Waals surface area contributed by atoms with E-state index in [1.54, 1.807) is 0 Å². The lowest BCUT2D eigenvalue weighted by atomic mass is 9.95. The Morgan fingerprint density at radius 1 is 1.32 bits per heavy atom. The van der Waals surface area contributed by atoms with E-state index < -0.39 is 11.6 Å². The Morgan fingerprint density at radius 2 is 2.09 bits per heavy atom. The van der Waals surface area contributed by atoms with Crippen LogP contribution in [0.25, 0.3) is 5.69 Å². The Labute approximate surface area is 126 Å². The van der Waals surface area contributed by atoms with Gasteiger partial charge in [0.2, 0.25) is 5.90 Å². The van der Waals surface area contributed by atoms with Crippen molar-refractivity contribution in [2.24, 2.45) is 0 Å². The molecule has 4 nitrogen and oxygen atoms in total. The number of hydrogen-bond donors (Lipinski definition) is 1. The predicted molar refractivity (Wildman–Crippen MR) is 76.7 cm³/mol. The van der Waals surface area contributed by atoms with Crippen LogP contribution in [0.5, 0.6) is 0 Å². The second kappa shape index (κ2) is 4.63. The van der Waals surface area contributed by atoms with Crippen LogP contribution in [0, 0.1) is 17.0 Å². The van der Waals surface area contributed by atoms with Gasteiger partial charge in [-0.3, -0.25) is 5.41 Å². The minimum absolute atomic E-state index is 0.00919. The molecule has 2 aliphatic rings. The summed E-state index contributed by atoms with van der Waals surface area (Å²) in [4.78, 5) is 0. The van der Waals surface area contributed by atoms with Crippen molar-refractivity contribution in [3.63, 3.8) is 0 Å². The van der Waals surface area contributed by atoms with Crippen molar-refractivity contribution in [1.82, 2.24) is 9.78 Å². The minimum Gasteiger partial charge on any atom is -0.480 e. The van der Waals surface area contributed by atoms with Crippen LogP contribution >= 0.6 is 0 Å². The van der Waals surface area contributed by atoms with E-state index in [9.17, 15) is 8.78 Å². The molecule has 0 radical (unpaired) electrons. The topological polar surface area (TPSA) is 50.9 Å². The van der Waals surface area contributed by atoms with Crippen LogP contribution in [-0.4, -0.2) is 22.8 Å². The van der Waals surface area contributed by atoms with Gasteiger partial charge >= 0.3 is 0 Å². The van der Waals surface area contributed by atoms with Gasteiger partial charge in [0.25, 0.3) is 0 Å². The summed E-state index contributed by atoms with van der Waals surface area (Å²) in [5, 5.41) is 12.3. The average Bonchev–Trinajstić information content (AvgIpc) is 3.18. The molecule has 1 N–H and O–H groups in total. The Kier molecular flexibility index (Phi) is 2.82.